The van der Waals surface area contributed by atoms with Crippen molar-refractivity contribution in [1.29, 1.82) is 0 Å². The predicted molar refractivity (Wildman–Crippen MR) is 117 cm³/mol. The molecule has 30 heavy (non-hydrogen) atoms. The number of carbonyl (C=O) groups excluding carboxylic acids is 2. The molecule has 0 atom stereocenters. The summed E-state index contributed by atoms with van der Waals surface area (Å²) in [6, 6.07) is 26.1. The molecule has 0 saturated carbocycles. The molecular weight excluding hydrogens is 376 g/mol. The molecule has 148 valence electrons. The lowest BCUT2D eigenvalue weighted by molar-refractivity contribution is -0.119. The molecule has 0 bridgehead atoms. The molecule has 0 aliphatic heterocycles. The molecule has 0 aliphatic carbocycles. The van der Waals surface area contributed by atoms with Crippen LogP contribution in [0.25, 0.3) is 22.2 Å². The fraction of sp³-hybridized carbons (Fsp3) is 0.0800. The van der Waals surface area contributed by atoms with Crippen molar-refractivity contribution in [3.05, 3.63) is 96.1 Å². The highest BCUT2D eigenvalue weighted by Gasteiger charge is 2.16. The van der Waals surface area contributed by atoms with Gasteiger partial charge in [-0.15, -0.1) is 0 Å². The molecule has 0 aliphatic rings. The molecule has 1 amide bonds. The van der Waals surface area contributed by atoms with Gasteiger partial charge in [0.15, 0.2) is 6.61 Å². The molecule has 0 unspecified atom stereocenters. The summed E-state index contributed by atoms with van der Waals surface area (Å²) in [6.45, 7) is 1.64. The number of hydrogen-bond acceptors (Lipinski definition) is 4. The van der Waals surface area contributed by atoms with Gasteiger partial charge >= 0.3 is 5.97 Å². The molecule has 4 rings (SSSR count). The highest BCUT2D eigenvalue weighted by atomic mass is 16.5. The van der Waals surface area contributed by atoms with E-state index < -0.39 is 11.9 Å². The summed E-state index contributed by atoms with van der Waals surface area (Å²) in [6.07, 6.45) is 0. The average molecular weight is 396 g/mol. The van der Waals surface area contributed by atoms with E-state index in [9.17, 15) is 9.59 Å². The molecule has 1 aromatic heterocycles. The van der Waals surface area contributed by atoms with E-state index in [1.54, 1.807) is 18.2 Å². The maximum atomic E-state index is 12.8. The third-order valence-corrected chi connectivity index (χ3v) is 4.68. The highest BCUT2D eigenvalue weighted by Crippen LogP contribution is 2.25. The van der Waals surface area contributed by atoms with Gasteiger partial charge in [-0.25, -0.2) is 9.78 Å². The number of rotatable bonds is 5. The Morgan fingerprint density at radius 1 is 0.900 bits per heavy atom. The van der Waals surface area contributed by atoms with Gasteiger partial charge in [0, 0.05) is 16.6 Å². The van der Waals surface area contributed by atoms with E-state index in [-0.39, 0.29) is 6.61 Å². The van der Waals surface area contributed by atoms with Gasteiger partial charge in [-0.1, -0.05) is 66.2 Å². The number of anilines is 1. The molecular formula is C25H20N2O3. The van der Waals surface area contributed by atoms with Crippen LogP contribution in [-0.2, 0) is 9.53 Å². The minimum Gasteiger partial charge on any atom is -0.452 e. The SMILES string of the molecule is Cc1ccc(-c2cc(C(=O)OCC(=O)Nc3ccccc3)c3ccccc3n2)cc1. The number of benzene rings is 3. The van der Waals surface area contributed by atoms with Crippen LogP contribution in [0.1, 0.15) is 15.9 Å². The van der Waals surface area contributed by atoms with Gasteiger partial charge in [0.25, 0.3) is 5.91 Å². The minimum atomic E-state index is -0.565. The number of aryl methyl sites for hydroxylation is 1. The summed E-state index contributed by atoms with van der Waals surface area (Å²) in [5.74, 6) is -0.961. The first kappa shape index (κ1) is 19.3. The Hall–Kier alpha value is -3.99. The van der Waals surface area contributed by atoms with E-state index in [0.717, 1.165) is 11.1 Å². The van der Waals surface area contributed by atoms with Crippen molar-refractivity contribution in [2.75, 3.05) is 11.9 Å². The highest BCUT2D eigenvalue weighted by molar-refractivity contribution is 6.05. The zero-order chi connectivity index (χ0) is 20.9. The third kappa shape index (κ3) is 4.36. The Balaban J connectivity index is 1.58. The minimum absolute atomic E-state index is 0.371. The van der Waals surface area contributed by atoms with Crippen LogP contribution >= 0.6 is 0 Å². The van der Waals surface area contributed by atoms with Crippen LogP contribution in [0, 0.1) is 6.92 Å². The van der Waals surface area contributed by atoms with Crippen LogP contribution < -0.4 is 5.32 Å². The largest absolute Gasteiger partial charge is 0.452 e. The number of nitrogens with zero attached hydrogens (tertiary/aromatic N) is 1. The lowest BCUT2D eigenvalue weighted by Gasteiger charge is -2.10. The van der Waals surface area contributed by atoms with E-state index in [2.05, 4.69) is 10.3 Å². The summed E-state index contributed by atoms with van der Waals surface area (Å²) < 4.78 is 5.30. The number of aromatic nitrogens is 1. The van der Waals surface area contributed by atoms with Gasteiger partial charge < -0.3 is 10.1 Å². The van der Waals surface area contributed by atoms with E-state index >= 15 is 0 Å². The van der Waals surface area contributed by atoms with Crippen molar-refractivity contribution in [3.63, 3.8) is 0 Å². The number of hydrogen-bond donors (Lipinski definition) is 1. The Morgan fingerprint density at radius 2 is 1.60 bits per heavy atom. The van der Waals surface area contributed by atoms with Crippen LogP contribution in [0.4, 0.5) is 5.69 Å². The zero-order valence-electron chi connectivity index (χ0n) is 16.5. The number of nitrogens with one attached hydrogen (secondary N) is 1. The quantitative estimate of drug-likeness (QED) is 0.482. The first-order valence-corrected chi connectivity index (χ1v) is 9.59. The van der Waals surface area contributed by atoms with Crippen LogP contribution in [0.15, 0.2) is 84.9 Å². The summed E-state index contributed by atoms with van der Waals surface area (Å²) in [7, 11) is 0. The normalized spacial score (nSPS) is 10.6. The second-order valence-corrected chi connectivity index (χ2v) is 6.93. The maximum absolute atomic E-state index is 12.8. The van der Waals surface area contributed by atoms with Gasteiger partial charge in [-0.2, -0.15) is 0 Å². The number of carbonyl (C=O) groups is 2. The van der Waals surface area contributed by atoms with E-state index in [1.165, 1.54) is 0 Å². The fourth-order valence-corrected chi connectivity index (χ4v) is 3.14. The molecule has 0 spiro atoms. The summed E-state index contributed by atoms with van der Waals surface area (Å²) in [5, 5.41) is 3.38. The van der Waals surface area contributed by atoms with Crippen LogP contribution in [0.3, 0.4) is 0 Å². The third-order valence-electron chi connectivity index (χ3n) is 4.68. The Morgan fingerprint density at radius 3 is 2.37 bits per heavy atom. The Kier molecular flexibility index (Phi) is 5.52. The summed E-state index contributed by atoms with van der Waals surface area (Å²) in [4.78, 5) is 29.6. The number of pyridine rings is 1. The number of ether oxygens (including phenoxy) is 1. The molecule has 0 fully saturated rings. The number of esters is 1. The van der Waals surface area contributed by atoms with Crippen molar-refractivity contribution in [3.8, 4) is 11.3 Å². The van der Waals surface area contributed by atoms with Crippen molar-refractivity contribution >= 4 is 28.5 Å². The monoisotopic (exact) mass is 396 g/mol. The van der Waals surface area contributed by atoms with Gasteiger partial charge in [-0.3, -0.25) is 4.79 Å². The maximum Gasteiger partial charge on any atom is 0.339 e. The van der Waals surface area contributed by atoms with Crippen molar-refractivity contribution in [2.24, 2.45) is 0 Å². The molecule has 0 saturated heterocycles. The first-order chi connectivity index (χ1) is 14.6. The molecule has 4 aromatic rings. The number of amides is 1. The van der Waals surface area contributed by atoms with Crippen LogP contribution in [0.5, 0.6) is 0 Å². The number of fused-ring (bicyclic) bond motifs is 1. The second-order valence-electron chi connectivity index (χ2n) is 6.93. The van der Waals surface area contributed by atoms with Crippen molar-refractivity contribution in [1.82, 2.24) is 4.98 Å². The lowest BCUT2D eigenvalue weighted by Crippen LogP contribution is -2.21. The first-order valence-electron chi connectivity index (χ1n) is 9.59. The Bertz CT molecular complexity index is 1200. The van der Waals surface area contributed by atoms with E-state index in [1.807, 2.05) is 73.7 Å². The van der Waals surface area contributed by atoms with Crippen molar-refractivity contribution in [2.45, 2.75) is 6.92 Å². The molecule has 5 nitrogen and oxygen atoms in total. The van der Waals surface area contributed by atoms with Gasteiger partial charge in [0.05, 0.1) is 16.8 Å². The molecule has 1 N–H and O–H groups in total. The predicted octanol–water partition coefficient (Wildman–Crippen LogP) is 5.01. The smallest absolute Gasteiger partial charge is 0.339 e. The molecule has 3 aromatic carbocycles. The summed E-state index contributed by atoms with van der Waals surface area (Å²) >= 11 is 0. The second kappa shape index (κ2) is 8.57. The van der Waals surface area contributed by atoms with E-state index in [0.29, 0.717) is 27.8 Å². The topological polar surface area (TPSA) is 68.3 Å². The zero-order valence-corrected chi connectivity index (χ0v) is 16.5. The number of para-hydroxylation sites is 2. The van der Waals surface area contributed by atoms with Crippen LogP contribution in [-0.4, -0.2) is 23.5 Å². The molecule has 1 heterocycles. The standard InChI is InChI=1S/C25H20N2O3/c1-17-11-13-18(14-12-17)23-15-21(20-9-5-6-10-22(20)27-23)25(29)30-16-24(28)26-19-7-3-2-4-8-19/h2-15H,16H2,1H3,(H,26,28). The van der Waals surface area contributed by atoms with E-state index in [4.69, 9.17) is 4.74 Å². The van der Waals surface area contributed by atoms with Gasteiger partial charge in [0.2, 0.25) is 0 Å². The molecule has 0 radical (unpaired) electrons. The van der Waals surface area contributed by atoms with Crippen LogP contribution in [0.2, 0.25) is 0 Å². The lowest BCUT2D eigenvalue weighted by atomic mass is 10.0. The fourth-order valence-electron chi connectivity index (χ4n) is 3.14. The summed E-state index contributed by atoms with van der Waals surface area (Å²) in [5.41, 5.74) is 4.44. The average Bonchev–Trinajstić information content (AvgIpc) is 2.78. The van der Waals surface area contributed by atoms with Gasteiger partial charge in [0.1, 0.15) is 0 Å². The van der Waals surface area contributed by atoms with Gasteiger partial charge in [-0.05, 0) is 31.2 Å². The van der Waals surface area contributed by atoms with Crippen molar-refractivity contribution < 1.29 is 14.3 Å². The Labute approximate surface area is 174 Å². The molecule has 5 heteroatoms.